The van der Waals surface area contributed by atoms with Gasteiger partial charge in [-0.3, -0.25) is 10.1 Å². The van der Waals surface area contributed by atoms with E-state index in [1.807, 2.05) is 4.57 Å². The van der Waals surface area contributed by atoms with E-state index < -0.39 is 4.92 Å². The van der Waals surface area contributed by atoms with Gasteiger partial charge in [0.1, 0.15) is 6.33 Å². The number of hydrogen-bond acceptors (Lipinski definition) is 5. The Morgan fingerprint density at radius 2 is 2.05 bits per heavy atom. The second-order valence-electron chi connectivity index (χ2n) is 4.33. The smallest absolute Gasteiger partial charge is 0.269 e. The van der Waals surface area contributed by atoms with Gasteiger partial charge >= 0.3 is 0 Å². The normalized spacial score (nSPS) is 10.9. The van der Waals surface area contributed by atoms with Gasteiger partial charge in [0, 0.05) is 23.9 Å². The van der Waals surface area contributed by atoms with Gasteiger partial charge in [0.2, 0.25) is 0 Å². The average molecular weight is 278 g/mol. The van der Waals surface area contributed by atoms with Crippen molar-refractivity contribution in [1.82, 2.24) is 14.8 Å². The molecule has 2 rings (SSSR count). The maximum atomic E-state index is 10.6. The maximum Gasteiger partial charge on any atom is 0.269 e. The van der Waals surface area contributed by atoms with Crippen molar-refractivity contribution in [2.75, 3.05) is 0 Å². The third-order valence-electron chi connectivity index (χ3n) is 2.61. The minimum absolute atomic E-state index is 0.110. The van der Waals surface area contributed by atoms with E-state index in [0.717, 1.165) is 10.7 Å². The van der Waals surface area contributed by atoms with E-state index in [2.05, 4.69) is 24.0 Å². The fourth-order valence-corrected chi connectivity index (χ4v) is 2.55. The molecule has 6 nitrogen and oxygen atoms in total. The highest BCUT2D eigenvalue weighted by molar-refractivity contribution is 7.98. The summed E-state index contributed by atoms with van der Waals surface area (Å²) < 4.78 is 2.00. The highest BCUT2D eigenvalue weighted by atomic mass is 32.2. The lowest BCUT2D eigenvalue weighted by molar-refractivity contribution is -0.384. The Labute approximate surface area is 115 Å². The Hall–Kier alpha value is -1.89. The molecule has 0 saturated carbocycles. The molecule has 19 heavy (non-hydrogen) atoms. The molecule has 0 bridgehead atoms. The summed E-state index contributed by atoms with van der Waals surface area (Å²) in [5.74, 6) is 0.712. The molecule has 0 aliphatic rings. The first-order valence-electron chi connectivity index (χ1n) is 5.83. The third kappa shape index (κ3) is 3.31. The van der Waals surface area contributed by atoms with E-state index in [0.29, 0.717) is 11.8 Å². The molecular weight excluding hydrogens is 264 g/mol. The van der Waals surface area contributed by atoms with Crippen molar-refractivity contribution >= 4 is 17.4 Å². The van der Waals surface area contributed by atoms with Crippen LogP contribution in [0.15, 0.2) is 35.7 Å². The van der Waals surface area contributed by atoms with Gasteiger partial charge in [-0.25, -0.2) is 0 Å². The number of benzene rings is 1. The molecule has 1 aromatic heterocycles. The minimum Gasteiger partial charge on any atom is -0.306 e. The fraction of sp³-hybridized carbons (Fsp3) is 0.333. The van der Waals surface area contributed by atoms with Crippen LogP contribution in [0.3, 0.4) is 0 Å². The van der Waals surface area contributed by atoms with Crippen molar-refractivity contribution in [3.05, 3.63) is 46.3 Å². The van der Waals surface area contributed by atoms with E-state index in [1.165, 1.54) is 12.1 Å². The first-order valence-corrected chi connectivity index (χ1v) is 6.82. The number of nitro benzene ring substituents is 1. The van der Waals surface area contributed by atoms with Crippen molar-refractivity contribution in [2.24, 2.45) is 0 Å². The molecular formula is C12H14N4O2S. The Balaban J connectivity index is 2.02. The quantitative estimate of drug-likeness (QED) is 0.477. The highest BCUT2D eigenvalue weighted by Crippen LogP contribution is 2.24. The van der Waals surface area contributed by atoms with Crippen molar-refractivity contribution in [3.8, 4) is 0 Å². The SMILES string of the molecule is CC(C)n1cnnc1SCc1ccc([N+](=O)[O-])cc1. The first-order chi connectivity index (χ1) is 9.08. The standard InChI is InChI=1S/C12H14N4O2S/c1-9(2)15-8-13-14-12(15)19-7-10-3-5-11(6-4-10)16(17)18/h3-6,8-9H,7H2,1-2H3. The Morgan fingerprint density at radius 3 is 2.63 bits per heavy atom. The predicted molar refractivity (Wildman–Crippen MR) is 73.1 cm³/mol. The number of nitrogens with zero attached hydrogens (tertiary/aromatic N) is 4. The molecule has 100 valence electrons. The van der Waals surface area contributed by atoms with Crippen LogP contribution >= 0.6 is 11.8 Å². The topological polar surface area (TPSA) is 73.8 Å². The van der Waals surface area contributed by atoms with Gasteiger partial charge in [0.15, 0.2) is 5.16 Å². The Bertz CT molecular complexity index is 565. The molecule has 0 aliphatic carbocycles. The zero-order chi connectivity index (χ0) is 13.8. The number of aromatic nitrogens is 3. The number of thioether (sulfide) groups is 1. The van der Waals surface area contributed by atoms with Crippen LogP contribution in [0.25, 0.3) is 0 Å². The van der Waals surface area contributed by atoms with Crippen LogP contribution in [0.1, 0.15) is 25.5 Å². The van der Waals surface area contributed by atoms with E-state index in [9.17, 15) is 10.1 Å². The summed E-state index contributed by atoms with van der Waals surface area (Å²) in [6, 6.07) is 6.88. The summed E-state index contributed by atoms with van der Waals surface area (Å²) in [5.41, 5.74) is 1.13. The van der Waals surface area contributed by atoms with Crippen LogP contribution in [0, 0.1) is 10.1 Å². The number of non-ortho nitro benzene ring substituents is 1. The molecule has 0 atom stereocenters. The van der Waals surface area contributed by atoms with Crippen LogP contribution in [0.4, 0.5) is 5.69 Å². The summed E-state index contributed by atoms with van der Waals surface area (Å²) in [6.07, 6.45) is 1.71. The number of rotatable bonds is 5. The largest absolute Gasteiger partial charge is 0.306 e. The summed E-state index contributed by atoms with van der Waals surface area (Å²) >= 11 is 1.57. The summed E-state index contributed by atoms with van der Waals surface area (Å²) in [6.45, 7) is 4.14. The Kier molecular flexibility index (Phi) is 4.16. The third-order valence-corrected chi connectivity index (χ3v) is 3.64. The van der Waals surface area contributed by atoms with Crippen LogP contribution in [0.2, 0.25) is 0 Å². The molecule has 0 aliphatic heterocycles. The number of nitro groups is 1. The Morgan fingerprint density at radius 1 is 1.37 bits per heavy atom. The van der Waals surface area contributed by atoms with E-state index in [4.69, 9.17) is 0 Å². The fourth-order valence-electron chi connectivity index (χ4n) is 1.55. The van der Waals surface area contributed by atoms with Gasteiger partial charge < -0.3 is 4.57 Å². The molecule has 0 radical (unpaired) electrons. The van der Waals surface area contributed by atoms with Gasteiger partial charge in [-0.15, -0.1) is 10.2 Å². The van der Waals surface area contributed by atoms with E-state index in [1.54, 1.807) is 30.2 Å². The molecule has 0 unspecified atom stereocenters. The van der Waals surface area contributed by atoms with Gasteiger partial charge in [-0.2, -0.15) is 0 Å². The molecule has 0 amide bonds. The molecule has 2 aromatic rings. The summed E-state index contributed by atoms with van der Waals surface area (Å²) in [7, 11) is 0. The van der Waals surface area contributed by atoms with Crippen molar-refractivity contribution in [2.45, 2.75) is 30.8 Å². The van der Waals surface area contributed by atoms with Gasteiger partial charge in [-0.05, 0) is 19.4 Å². The second kappa shape index (κ2) is 5.83. The summed E-state index contributed by atoms with van der Waals surface area (Å²) in [4.78, 5) is 10.2. The van der Waals surface area contributed by atoms with Crippen LogP contribution < -0.4 is 0 Å². The molecule has 7 heteroatoms. The first kappa shape index (κ1) is 13.5. The maximum absolute atomic E-state index is 10.6. The molecule has 0 saturated heterocycles. The zero-order valence-electron chi connectivity index (χ0n) is 10.7. The van der Waals surface area contributed by atoms with Crippen LogP contribution in [-0.2, 0) is 5.75 Å². The van der Waals surface area contributed by atoms with Crippen LogP contribution in [-0.4, -0.2) is 19.7 Å². The lowest BCUT2D eigenvalue weighted by Gasteiger charge is -2.09. The second-order valence-corrected chi connectivity index (χ2v) is 5.27. The van der Waals surface area contributed by atoms with Gasteiger partial charge in [-0.1, -0.05) is 23.9 Å². The zero-order valence-corrected chi connectivity index (χ0v) is 11.5. The van der Waals surface area contributed by atoms with E-state index >= 15 is 0 Å². The lowest BCUT2D eigenvalue weighted by atomic mass is 10.2. The van der Waals surface area contributed by atoms with Gasteiger partial charge in [0.25, 0.3) is 5.69 Å². The van der Waals surface area contributed by atoms with Crippen molar-refractivity contribution < 1.29 is 4.92 Å². The summed E-state index contributed by atoms with van der Waals surface area (Å²) in [5, 5.41) is 19.4. The van der Waals surface area contributed by atoms with Crippen molar-refractivity contribution in [3.63, 3.8) is 0 Å². The van der Waals surface area contributed by atoms with Crippen molar-refractivity contribution in [1.29, 1.82) is 0 Å². The lowest BCUT2D eigenvalue weighted by Crippen LogP contribution is -2.00. The molecule has 1 aromatic carbocycles. The molecule has 0 N–H and O–H groups in total. The monoisotopic (exact) mass is 278 g/mol. The number of hydrogen-bond donors (Lipinski definition) is 0. The molecule has 0 spiro atoms. The molecule has 0 fully saturated rings. The predicted octanol–water partition coefficient (Wildman–Crippen LogP) is 3.06. The molecule has 1 heterocycles. The average Bonchev–Trinajstić information content (AvgIpc) is 2.85. The van der Waals surface area contributed by atoms with Crippen LogP contribution in [0.5, 0.6) is 0 Å². The highest BCUT2D eigenvalue weighted by Gasteiger charge is 2.09. The van der Waals surface area contributed by atoms with E-state index in [-0.39, 0.29) is 5.69 Å². The minimum atomic E-state index is -0.397. The van der Waals surface area contributed by atoms with Gasteiger partial charge in [0.05, 0.1) is 4.92 Å².